The van der Waals surface area contributed by atoms with Gasteiger partial charge in [-0.3, -0.25) is 4.79 Å². The van der Waals surface area contributed by atoms with Crippen molar-refractivity contribution in [3.63, 3.8) is 0 Å². The van der Waals surface area contributed by atoms with Gasteiger partial charge in [-0.05, 0) is 24.6 Å². The molecule has 0 aliphatic heterocycles. The lowest BCUT2D eigenvalue weighted by atomic mass is 10.2. The van der Waals surface area contributed by atoms with Crippen LogP contribution in [-0.2, 0) is 17.5 Å². The first-order chi connectivity index (χ1) is 13.4. The number of H-pyrrole nitrogens is 1. The van der Waals surface area contributed by atoms with Crippen molar-refractivity contribution in [2.24, 2.45) is 0 Å². The van der Waals surface area contributed by atoms with E-state index in [1.54, 1.807) is 30.5 Å². The first-order valence-electron chi connectivity index (χ1n) is 8.82. The fourth-order valence-corrected chi connectivity index (χ4v) is 3.30. The summed E-state index contributed by atoms with van der Waals surface area (Å²) in [5.74, 6) is -1.19. The molecule has 1 amide bonds. The summed E-state index contributed by atoms with van der Waals surface area (Å²) in [7, 11) is 0. The summed E-state index contributed by atoms with van der Waals surface area (Å²) in [6, 6.07) is 14.0. The number of aryl methyl sites for hydroxylation is 1. The summed E-state index contributed by atoms with van der Waals surface area (Å²) >= 11 is 0. The Balaban J connectivity index is 1.46. The molecule has 2 heterocycles. The number of nitrogens with zero attached hydrogens (tertiary/aromatic N) is 2. The first-order valence-corrected chi connectivity index (χ1v) is 8.82. The lowest BCUT2D eigenvalue weighted by Crippen LogP contribution is -2.17. The molecule has 0 radical (unpaired) electrons. The maximum absolute atomic E-state index is 13.3. The number of alkyl halides is 3. The lowest BCUT2D eigenvalue weighted by Gasteiger charge is -2.11. The molecule has 2 aromatic heterocycles. The second kappa shape index (κ2) is 7.03. The summed E-state index contributed by atoms with van der Waals surface area (Å²) in [5, 5.41) is 3.69. The molecule has 2 N–H and O–H groups in total. The molecule has 5 nitrogen and oxygen atoms in total. The van der Waals surface area contributed by atoms with E-state index in [1.165, 1.54) is 0 Å². The van der Waals surface area contributed by atoms with E-state index < -0.39 is 12.0 Å². The molecule has 0 saturated heterocycles. The molecule has 4 rings (SSSR count). The van der Waals surface area contributed by atoms with Crippen LogP contribution >= 0.6 is 0 Å². The minimum Gasteiger partial charge on any atom is -0.359 e. The third-order valence-electron chi connectivity index (χ3n) is 4.56. The van der Waals surface area contributed by atoms with Gasteiger partial charge in [-0.2, -0.15) is 13.2 Å². The van der Waals surface area contributed by atoms with Gasteiger partial charge in [0.1, 0.15) is 0 Å². The zero-order valence-corrected chi connectivity index (χ0v) is 14.8. The number of hydrogen-bond donors (Lipinski definition) is 2. The van der Waals surface area contributed by atoms with E-state index in [-0.39, 0.29) is 30.8 Å². The van der Waals surface area contributed by atoms with E-state index in [0.717, 1.165) is 15.5 Å². The van der Waals surface area contributed by atoms with Gasteiger partial charge in [0.15, 0.2) is 0 Å². The van der Waals surface area contributed by atoms with Gasteiger partial charge in [-0.15, -0.1) is 0 Å². The fraction of sp³-hybridized carbons (Fsp3) is 0.200. The molecule has 0 aliphatic rings. The smallest absolute Gasteiger partial charge is 0.359 e. The van der Waals surface area contributed by atoms with Gasteiger partial charge in [0.05, 0.1) is 16.7 Å². The number of para-hydroxylation sites is 3. The van der Waals surface area contributed by atoms with E-state index in [2.05, 4.69) is 15.3 Å². The molecule has 0 unspecified atom stereocenters. The first kappa shape index (κ1) is 18.1. The number of aromatic nitrogens is 3. The standard InChI is InChI=1S/C20H17F3N4O/c21-20(22,23)19-26-15-8-3-4-9-17(15)27(19)11-5-10-18(28)25-16-12-24-14-7-2-1-6-13(14)16/h1-4,6-9,12,24H,5,10-11H2,(H,25,28). The van der Waals surface area contributed by atoms with Gasteiger partial charge < -0.3 is 14.9 Å². The van der Waals surface area contributed by atoms with Crippen LogP contribution < -0.4 is 5.32 Å². The van der Waals surface area contributed by atoms with Crippen LogP contribution in [0.25, 0.3) is 21.9 Å². The van der Waals surface area contributed by atoms with Crippen molar-refractivity contribution < 1.29 is 18.0 Å². The minimum absolute atomic E-state index is 0.0522. The highest BCUT2D eigenvalue weighted by Gasteiger charge is 2.37. The summed E-state index contributed by atoms with van der Waals surface area (Å²) < 4.78 is 41.1. The number of aromatic amines is 1. The van der Waals surface area contributed by atoms with Crippen molar-refractivity contribution in [1.82, 2.24) is 14.5 Å². The van der Waals surface area contributed by atoms with Crippen molar-refractivity contribution in [1.29, 1.82) is 0 Å². The van der Waals surface area contributed by atoms with Crippen molar-refractivity contribution in [3.8, 4) is 0 Å². The van der Waals surface area contributed by atoms with Crippen LogP contribution in [0.15, 0.2) is 54.7 Å². The number of nitrogens with one attached hydrogen (secondary N) is 2. The summed E-state index contributed by atoms with van der Waals surface area (Å²) in [4.78, 5) is 19.0. The highest BCUT2D eigenvalue weighted by atomic mass is 19.4. The predicted molar refractivity (Wildman–Crippen MR) is 101 cm³/mol. The molecule has 0 atom stereocenters. The van der Waals surface area contributed by atoms with Crippen LogP contribution in [0.2, 0.25) is 0 Å². The van der Waals surface area contributed by atoms with Gasteiger partial charge >= 0.3 is 6.18 Å². The molecule has 144 valence electrons. The minimum atomic E-state index is -4.55. The third kappa shape index (κ3) is 3.45. The number of anilines is 1. The van der Waals surface area contributed by atoms with Crippen LogP contribution in [0.5, 0.6) is 0 Å². The van der Waals surface area contributed by atoms with Crippen molar-refractivity contribution in [3.05, 3.63) is 60.6 Å². The Morgan fingerprint density at radius 3 is 2.68 bits per heavy atom. The molecular weight excluding hydrogens is 369 g/mol. The third-order valence-corrected chi connectivity index (χ3v) is 4.56. The number of benzene rings is 2. The molecule has 0 fully saturated rings. The van der Waals surface area contributed by atoms with Gasteiger partial charge in [-0.1, -0.05) is 30.3 Å². The Kier molecular flexibility index (Phi) is 4.54. The molecular formula is C20H17F3N4O. The quantitative estimate of drug-likeness (QED) is 0.509. The molecule has 0 aliphatic carbocycles. The zero-order valence-electron chi connectivity index (χ0n) is 14.8. The highest BCUT2D eigenvalue weighted by Crippen LogP contribution is 2.31. The number of imidazole rings is 1. The second-order valence-electron chi connectivity index (χ2n) is 6.47. The average molecular weight is 386 g/mol. The van der Waals surface area contributed by atoms with Gasteiger partial charge in [0.2, 0.25) is 11.7 Å². The topological polar surface area (TPSA) is 62.7 Å². The molecule has 28 heavy (non-hydrogen) atoms. The predicted octanol–water partition coefficient (Wildman–Crippen LogP) is 4.96. The summed E-state index contributed by atoms with van der Waals surface area (Å²) in [6.07, 6.45) is -2.49. The van der Waals surface area contributed by atoms with Gasteiger partial charge in [-0.25, -0.2) is 4.98 Å². The summed E-state index contributed by atoms with van der Waals surface area (Å²) in [6.45, 7) is 0.0522. The van der Waals surface area contributed by atoms with E-state index in [9.17, 15) is 18.0 Å². The number of fused-ring (bicyclic) bond motifs is 2. The zero-order chi connectivity index (χ0) is 19.7. The van der Waals surface area contributed by atoms with Gasteiger partial charge in [0.25, 0.3) is 0 Å². The van der Waals surface area contributed by atoms with Crippen LogP contribution in [-0.4, -0.2) is 20.4 Å². The molecule has 0 spiro atoms. The molecule has 0 bridgehead atoms. The Hall–Kier alpha value is -3.29. The van der Waals surface area contributed by atoms with Crippen molar-refractivity contribution in [2.75, 3.05) is 5.32 Å². The number of hydrogen-bond acceptors (Lipinski definition) is 2. The normalized spacial score (nSPS) is 12.0. The number of carbonyl (C=O) groups excluding carboxylic acids is 1. The monoisotopic (exact) mass is 386 g/mol. The SMILES string of the molecule is O=C(CCCn1c(C(F)(F)F)nc2ccccc21)Nc1c[nH]c2ccccc12. The maximum Gasteiger partial charge on any atom is 0.449 e. The molecule has 4 aromatic rings. The van der Waals surface area contributed by atoms with Crippen LogP contribution in [0.4, 0.5) is 18.9 Å². The lowest BCUT2D eigenvalue weighted by molar-refractivity contribution is -0.146. The number of carbonyl (C=O) groups is 1. The Labute approximate surface area is 158 Å². The van der Waals surface area contributed by atoms with Gasteiger partial charge in [0, 0.05) is 30.1 Å². The van der Waals surface area contributed by atoms with Crippen LogP contribution in [0.1, 0.15) is 18.7 Å². The van der Waals surface area contributed by atoms with E-state index in [4.69, 9.17) is 0 Å². The van der Waals surface area contributed by atoms with Crippen molar-refractivity contribution in [2.45, 2.75) is 25.6 Å². The number of rotatable bonds is 5. The largest absolute Gasteiger partial charge is 0.449 e. The average Bonchev–Trinajstić information content (AvgIpc) is 3.24. The fourth-order valence-electron chi connectivity index (χ4n) is 3.30. The van der Waals surface area contributed by atoms with Crippen molar-refractivity contribution >= 4 is 33.5 Å². The molecule has 8 heteroatoms. The second-order valence-corrected chi connectivity index (χ2v) is 6.47. The Morgan fingerprint density at radius 1 is 1.11 bits per heavy atom. The van der Waals surface area contributed by atoms with E-state index in [0.29, 0.717) is 11.2 Å². The highest BCUT2D eigenvalue weighted by molar-refractivity contribution is 6.01. The molecule has 2 aromatic carbocycles. The maximum atomic E-state index is 13.3. The summed E-state index contributed by atoms with van der Waals surface area (Å²) in [5.41, 5.74) is 2.26. The Bertz CT molecular complexity index is 1140. The number of halogens is 3. The van der Waals surface area contributed by atoms with E-state index >= 15 is 0 Å². The number of amides is 1. The van der Waals surface area contributed by atoms with Crippen LogP contribution in [0.3, 0.4) is 0 Å². The Morgan fingerprint density at radius 2 is 1.86 bits per heavy atom. The molecule has 0 saturated carbocycles. The van der Waals surface area contributed by atoms with E-state index in [1.807, 2.05) is 24.3 Å². The van der Waals surface area contributed by atoms with Crippen LogP contribution in [0, 0.1) is 0 Å².